The molecule has 0 bridgehead atoms. The Hall–Kier alpha value is -3.21. The van der Waals surface area contributed by atoms with E-state index in [9.17, 15) is 4.79 Å². The van der Waals surface area contributed by atoms with E-state index in [1.54, 1.807) is 0 Å². The number of amides is 1. The van der Waals surface area contributed by atoms with Crippen LogP contribution in [0.15, 0.2) is 65.1 Å². The van der Waals surface area contributed by atoms with Crippen LogP contribution in [0.5, 0.6) is 0 Å². The molecule has 3 N–H and O–H groups in total. The summed E-state index contributed by atoms with van der Waals surface area (Å²) in [5.74, 6) is 1.33. The summed E-state index contributed by atoms with van der Waals surface area (Å²) >= 11 is 0. The summed E-state index contributed by atoms with van der Waals surface area (Å²) in [6.07, 6.45) is 3.53. The van der Waals surface area contributed by atoms with Crippen molar-refractivity contribution in [3.63, 3.8) is 0 Å². The number of hydrogen-bond acceptors (Lipinski definition) is 4. The Morgan fingerprint density at radius 2 is 1.79 bits per heavy atom. The first-order valence-electron chi connectivity index (χ1n) is 9.77. The fourth-order valence-electron chi connectivity index (χ4n) is 3.67. The van der Waals surface area contributed by atoms with Crippen LogP contribution in [0.1, 0.15) is 35.4 Å². The molecule has 28 heavy (non-hydrogen) atoms. The summed E-state index contributed by atoms with van der Waals surface area (Å²) in [5, 5.41) is 3.40. The monoisotopic (exact) mass is 375 g/mol. The van der Waals surface area contributed by atoms with Crippen molar-refractivity contribution in [1.29, 1.82) is 0 Å². The highest BCUT2D eigenvalue weighted by atomic mass is 16.3. The molecule has 1 aliphatic rings. The molecule has 1 aliphatic heterocycles. The molecule has 3 aromatic rings. The number of nitrogens with two attached hydrogens (primary N) is 1. The molecular weight excluding hydrogens is 350 g/mol. The number of nitrogens with zero attached hydrogens (tertiary/aromatic N) is 1. The number of primary amides is 1. The third-order valence-corrected chi connectivity index (χ3v) is 5.15. The van der Waals surface area contributed by atoms with Gasteiger partial charge in [0.1, 0.15) is 11.5 Å². The summed E-state index contributed by atoms with van der Waals surface area (Å²) in [7, 11) is 0. The first-order chi connectivity index (χ1) is 13.7. The largest absolute Gasteiger partial charge is 0.459 e. The van der Waals surface area contributed by atoms with Gasteiger partial charge in [-0.1, -0.05) is 30.3 Å². The van der Waals surface area contributed by atoms with Crippen LogP contribution in [0.2, 0.25) is 0 Å². The molecule has 2 aromatic carbocycles. The van der Waals surface area contributed by atoms with Crippen molar-refractivity contribution in [1.82, 2.24) is 0 Å². The third-order valence-electron chi connectivity index (χ3n) is 5.15. The molecule has 0 saturated carbocycles. The van der Waals surface area contributed by atoms with Crippen molar-refractivity contribution >= 4 is 17.3 Å². The van der Waals surface area contributed by atoms with E-state index in [0.717, 1.165) is 54.4 Å². The van der Waals surface area contributed by atoms with Gasteiger partial charge in [0.2, 0.25) is 0 Å². The number of anilines is 2. The predicted molar refractivity (Wildman–Crippen MR) is 112 cm³/mol. The van der Waals surface area contributed by atoms with Crippen molar-refractivity contribution in [3.8, 4) is 11.3 Å². The molecule has 1 amide bonds. The average Bonchev–Trinajstić information content (AvgIpc) is 3.22. The van der Waals surface area contributed by atoms with Gasteiger partial charge < -0.3 is 20.4 Å². The quantitative estimate of drug-likeness (QED) is 0.658. The normalized spacial score (nSPS) is 14.1. The summed E-state index contributed by atoms with van der Waals surface area (Å²) in [5.41, 5.74) is 9.10. The molecular formula is C23H25N3O2. The summed E-state index contributed by atoms with van der Waals surface area (Å²) in [6.45, 7) is 2.49. The van der Waals surface area contributed by atoms with Gasteiger partial charge in [-0.15, -0.1) is 0 Å². The molecule has 144 valence electrons. The minimum atomic E-state index is -0.384. The predicted octanol–water partition coefficient (Wildman–Crippen LogP) is 4.65. The lowest BCUT2D eigenvalue weighted by Crippen LogP contribution is -2.31. The van der Waals surface area contributed by atoms with Gasteiger partial charge in [0.05, 0.1) is 17.8 Å². The van der Waals surface area contributed by atoms with Crippen LogP contribution < -0.4 is 16.0 Å². The second-order valence-electron chi connectivity index (χ2n) is 7.13. The lowest BCUT2D eigenvalue weighted by atomic mass is 10.1. The van der Waals surface area contributed by atoms with E-state index in [4.69, 9.17) is 10.2 Å². The highest BCUT2D eigenvalue weighted by molar-refractivity contribution is 5.99. The van der Waals surface area contributed by atoms with Gasteiger partial charge in [0, 0.05) is 24.3 Å². The SMILES string of the molecule is NC(=O)c1ccc(NCc2ccc(-c3ccccc3)o2)cc1N1CCCCC1. The number of benzene rings is 2. The Labute approximate surface area is 165 Å². The molecule has 0 unspecified atom stereocenters. The molecule has 1 saturated heterocycles. The molecule has 5 nitrogen and oxygen atoms in total. The zero-order valence-corrected chi connectivity index (χ0v) is 15.9. The standard InChI is InChI=1S/C23H25N3O2/c24-23(27)20-11-9-18(15-21(20)26-13-5-2-6-14-26)25-16-19-10-12-22(28-19)17-7-3-1-4-8-17/h1,3-4,7-12,15,25H,2,5-6,13-14,16H2,(H2,24,27). The smallest absolute Gasteiger partial charge is 0.250 e. The van der Waals surface area contributed by atoms with Crippen LogP contribution >= 0.6 is 0 Å². The van der Waals surface area contributed by atoms with E-state index in [0.29, 0.717) is 12.1 Å². The van der Waals surface area contributed by atoms with Crippen LogP contribution in [0, 0.1) is 0 Å². The van der Waals surface area contributed by atoms with E-state index in [1.165, 1.54) is 6.42 Å². The molecule has 2 heterocycles. The fraction of sp³-hybridized carbons (Fsp3) is 0.261. The van der Waals surface area contributed by atoms with Crippen LogP contribution in [-0.2, 0) is 6.54 Å². The first-order valence-corrected chi connectivity index (χ1v) is 9.77. The second-order valence-corrected chi connectivity index (χ2v) is 7.13. The maximum absolute atomic E-state index is 11.9. The topological polar surface area (TPSA) is 71.5 Å². The van der Waals surface area contributed by atoms with Crippen molar-refractivity contribution in [2.45, 2.75) is 25.8 Å². The van der Waals surface area contributed by atoms with Gasteiger partial charge in [0.15, 0.2) is 0 Å². The zero-order valence-electron chi connectivity index (χ0n) is 15.9. The van der Waals surface area contributed by atoms with Crippen LogP contribution in [0.25, 0.3) is 11.3 Å². The minimum absolute atomic E-state index is 0.384. The highest BCUT2D eigenvalue weighted by Gasteiger charge is 2.18. The number of furan rings is 1. The van der Waals surface area contributed by atoms with E-state index < -0.39 is 0 Å². The first kappa shape index (κ1) is 18.2. The molecule has 1 fully saturated rings. The van der Waals surface area contributed by atoms with Gasteiger partial charge in [-0.3, -0.25) is 4.79 Å². The number of carbonyl (C=O) groups excluding carboxylic acids is 1. The summed E-state index contributed by atoms with van der Waals surface area (Å²) in [4.78, 5) is 14.1. The van der Waals surface area contributed by atoms with Gasteiger partial charge in [-0.25, -0.2) is 0 Å². The number of piperidine rings is 1. The van der Waals surface area contributed by atoms with Gasteiger partial charge in [0.25, 0.3) is 5.91 Å². The molecule has 0 radical (unpaired) electrons. The Kier molecular flexibility index (Phi) is 5.33. The summed E-state index contributed by atoms with van der Waals surface area (Å²) < 4.78 is 5.95. The van der Waals surface area contributed by atoms with Crippen molar-refractivity contribution < 1.29 is 9.21 Å². The van der Waals surface area contributed by atoms with Gasteiger partial charge in [-0.2, -0.15) is 0 Å². The average molecular weight is 375 g/mol. The number of hydrogen-bond donors (Lipinski definition) is 2. The minimum Gasteiger partial charge on any atom is -0.459 e. The Balaban J connectivity index is 1.49. The molecule has 0 aliphatic carbocycles. The maximum atomic E-state index is 11.9. The van der Waals surface area contributed by atoms with E-state index in [-0.39, 0.29) is 5.91 Å². The van der Waals surface area contributed by atoms with Crippen molar-refractivity contribution in [2.75, 3.05) is 23.3 Å². The zero-order chi connectivity index (χ0) is 19.3. The highest BCUT2D eigenvalue weighted by Crippen LogP contribution is 2.28. The van der Waals surface area contributed by atoms with Crippen LogP contribution in [0.3, 0.4) is 0 Å². The van der Waals surface area contributed by atoms with E-state index >= 15 is 0 Å². The Morgan fingerprint density at radius 3 is 2.54 bits per heavy atom. The fourth-order valence-corrected chi connectivity index (χ4v) is 3.67. The molecule has 1 aromatic heterocycles. The van der Waals surface area contributed by atoms with Crippen molar-refractivity contribution in [2.24, 2.45) is 5.73 Å². The molecule has 5 heteroatoms. The number of carbonyl (C=O) groups is 1. The van der Waals surface area contributed by atoms with E-state index in [1.807, 2.05) is 60.7 Å². The van der Waals surface area contributed by atoms with Gasteiger partial charge >= 0.3 is 0 Å². The van der Waals surface area contributed by atoms with Crippen molar-refractivity contribution in [3.05, 3.63) is 72.0 Å². The molecule has 0 atom stereocenters. The molecule has 0 spiro atoms. The summed E-state index contributed by atoms with van der Waals surface area (Å²) in [6, 6.07) is 19.8. The van der Waals surface area contributed by atoms with E-state index in [2.05, 4.69) is 10.2 Å². The van der Waals surface area contributed by atoms with Crippen LogP contribution in [0.4, 0.5) is 11.4 Å². The van der Waals surface area contributed by atoms with Gasteiger partial charge in [-0.05, 0) is 49.6 Å². The number of nitrogens with one attached hydrogen (secondary N) is 1. The molecule has 4 rings (SSSR count). The van der Waals surface area contributed by atoms with Crippen LogP contribution in [-0.4, -0.2) is 19.0 Å². The maximum Gasteiger partial charge on any atom is 0.250 e. The number of rotatable bonds is 6. The lowest BCUT2D eigenvalue weighted by Gasteiger charge is -2.30. The Bertz CT molecular complexity index is 943. The second kappa shape index (κ2) is 8.21. The Morgan fingerprint density at radius 1 is 1.00 bits per heavy atom. The third kappa shape index (κ3) is 4.03. The lowest BCUT2D eigenvalue weighted by molar-refractivity contribution is 0.100.